The molecule has 18 heavy (non-hydrogen) atoms. The first-order valence-electron chi connectivity index (χ1n) is 6.32. The highest BCUT2D eigenvalue weighted by Crippen LogP contribution is 2.16. The van der Waals surface area contributed by atoms with Gasteiger partial charge in [0.2, 0.25) is 0 Å². The highest BCUT2D eigenvalue weighted by atomic mass is 15.1. The second-order valence-electron chi connectivity index (χ2n) is 4.58. The molecule has 0 saturated carbocycles. The van der Waals surface area contributed by atoms with E-state index >= 15 is 0 Å². The summed E-state index contributed by atoms with van der Waals surface area (Å²) in [7, 11) is 2.13. The summed E-state index contributed by atoms with van der Waals surface area (Å²) in [6.07, 6.45) is 1.15. The first-order chi connectivity index (χ1) is 8.58. The average Bonchev–Trinajstić information content (AvgIpc) is 2.37. The van der Waals surface area contributed by atoms with Gasteiger partial charge in [0.25, 0.3) is 0 Å². The minimum absolute atomic E-state index is 0.525. The van der Waals surface area contributed by atoms with Crippen molar-refractivity contribution < 1.29 is 0 Å². The Labute approximate surface area is 109 Å². The van der Waals surface area contributed by atoms with Crippen LogP contribution in [0.3, 0.4) is 0 Å². The molecule has 0 spiro atoms. The summed E-state index contributed by atoms with van der Waals surface area (Å²) in [5.41, 5.74) is 7.77. The smallest absolute Gasteiger partial charge is 0.101 e. The third-order valence-electron chi connectivity index (χ3n) is 3.31. The molecule has 0 radical (unpaired) electrons. The van der Waals surface area contributed by atoms with E-state index in [1.54, 1.807) is 6.07 Å². The zero-order valence-corrected chi connectivity index (χ0v) is 11.4. The van der Waals surface area contributed by atoms with Crippen molar-refractivity contribution in [3.05, 3.63) is 23.8 Å². The van der Waals surface area contributed by atoms with E-state index in [1.165, 1.54) is 0 Å². The van der Waals surface area contributed by atoms with E-state index in [0.717, 1.165) is 25.2 Å². The van der Waals surface area contributed by atoms with Crippen molar-refractivity contribution in [3.8, 4) is 6.07 Å². The van der Waals surface area contributed by atoms with Crippen LogP contribution < -0.4 is 11.1 Å². The number of anilines is 2. The van der Waals surface area contributed by atoms with Crippen LogP contribution in [0.1, 0.15) is 25.8 Å². The highest BCUT2D eigenvalue weighted by molar-refractivity contribution is 5.62. The lowest BCUT2D eigenvalue weighted by molar-refractivity contribution is 0.261. The Bertz CT molecular complexity index is 422. The van der Waals surface area contributed by atoms with Gasteiger partial charge in [0.1, 0.15) is 6.07 Å². The maximum Gasteiger partial charge on any atom is 0.101 e. The third-order valence-corrected chi connectivity index (χ3v) is 3.31. The van der Waals surface area contributed by atoms with Gasteiger partial charge in [-0.1, -0.05) is 6.92 Å². The Morgan fingerprint density at radius 1 is 1.50 bits per heavy atom. The van der Waals surface area contributed by atoms with Gasteiger partial charge < -0.3 is 16.0 Å². The molecule has 1 atom stereocenters. The van der Waals surface area contributed by atoms with Crippen LogP contribution in [-0.2, 0) is 0 Å². The summed E-state index contributed by atoms with van der Waals surface area (Å²) in [5.74, 6) is 0. The molecule has 0 saturated heterocycles. The zero-order chi connectivity index (χ0) is 13.5. The maximum absolute atomic E-state index is 8.79. The predicted octanol–water partition coefficient (Wildman–Crippen LogP) is 2.28. The maximum atomic E-state index is 8.79. The van der Waals surface area contributed by atoms with Crippen LogP contribution >= 0.6 is 0 Å². The van der Waals surface area contributed by atoms with E-state index < -0.39 is 0 Å². The van der Waals surface area contributed by atoms with Crippen molar-refractivity contribution in [1.82, 2.24) is 4.90 Å². The molecule has 0 bridgehead atoms. The van der Waals surface area contributed by atoms with Crippen molar-refractivity contribution in [3.63, 3.8) is 0 Å². The van der Waals surface area contributed by atoms with Gasteiger partial charge in [0.05, 0.1) is 11.3 Å². The molecule has 1 unspecified atom stereocenters. The number of nitrogens with one attached hydrogen (secondary N) is 1. The highest BCUT2D eigenvalue weighted by Gasteiger charge is 2.05. The molecule has 4 nitrogen and oxygen atoms in total. The molecule has 0 amide bonds. The molecule has 1 rings (SSSR count). The van der Waals surface area contributed by atoms with E-state index in [0.29, 0.717) is 17.3 Å². The van der Waals surface area contributed by atoms with Crippen molar-refractivity contribution in [2.24, 2.45) is 0 Å². The minimum Gasteiger partial charge on any atom is -0.398 e. The second-order valence-corrected chi connectivity index (χ2v) is 4.58. The fraction of sp³-hybridized carbons (Fsp3) is 0.500. The molecular weight excluding hydrogens is 224 g/mol. The molecule has 0 aliphatic heterocycles. The fourth-order valence-corrected chi connectivity index (χ4v) is 1.68. The number of likely N-dealkylation sites (N-methyl/N-ethyl adjacent to an activating group) is 1. The van der Waals surface area contributed by atoms with Crippen molar-refractivity contribution >= 4 is 11.4 Å². The van der Waals surface area contributed by atoms with Crippen LogP contribution in [0.5, 0.6) is 0 Å². The molecule has 1 aromatic rings. The summed E-state index contributed by atoms with van der Waals surface area (Å²) < 4.78 is 0. The second kappa shape index (κ2) is 6.87. The van der Waals surface area contributed by atoms with E-state index in [1.807, 2.05) is 12.1 Å². The molecular formula is C14H22N4. The number of nitrogens with two attached hydrogens (primary N) is 1. The first kappa shape index (κ1) is 14.3. The fourth-order valence-electron chi connectivity index (χ4n) is 1.68. The quantitative estimate of drug-likeness (QED) is 0.756. The van der Waals surface area contributed by atoms with Crippen molar-refractivity contribution in [2.75, 3.05) is 31.2 Å². The SMILES string of the molecule is CCC(C)N(C)CCNc1ccc(C#N)c(N)c1. The molecule has 0 aliphatic carbocycles. The molecule has 0 aliphatic rings. The molecule has 0 heterocycles. The number of benzene rings is 1. The summed E-state index contributed by atoms with van der Waals surface area (Å²) in [6.45, 7) is 6.26. The normalized spacial score (nSPS) is 12.2. The summed E-state index contributed by atoms with van der Waals surface area (Å²) >= 11 is 0. The van der Waals surface area contributed by atoms with Crippen LogP contribution in [0.25, 0.3) is 0 Å². The van der Waals surface area contributed by atoms with Gasteiger partial charge in [-0.15, -0.1) is 0 Å². The molecule has 0 aromatic heterocycles. The van der Waals surface area contributed by atoms with Crippen LogP contribution in [0.2, 0.25) is 0 Å². The first-order valence-corrected chi connectivity index (χ1v) is 6.32. The Balaban J connectivity index is 2.45. The Morgan fingerprint density at radius 3 is 2.78 bits per heavy atom. The molecule has 3 N–H and O–H groups in total. The predicted molar refractivity (Wildman–Crippen MR) is 76.4 cm³/mol. The van der Waals surface area contributed by atoms with Crippen LogP contribution in [0.15, 0.2) is 18.2 Å². The van der Waals surface area contributed by atoms with Gasteiger partial charge in [0.15, 0.2) is 0 Å². The number of nitrogens with zero attached hydrogens (tertiary/aromatic N) is 2. The topological polar surface area (TPSA) is 65.1 Å². The zero-order valence-electron chi connectivity index (χ0n) is 11.4. The van der Waals surface area contributed by atoms with Crippen LogP contribution in [0.4, 0.5) is 11.4 Å². The minimum atomic E-state index is 0.525. The number of nitriles is 1. The van der Waals surface area contributed by atoms with Gasteiger partial charge >= 0.3 is 0 Å². The summed E-state index contributed by atoms with van der Waals surface area (Å²) in [6, 6.07) is 8.09. The van der Waals surface area contributed by atoms with Gasteiger partial charge in [-0.3, -0.25) is 0 Å². The molecule has 0 fully saturated rings. The Hall–Kier alpha value is -1.73. The van der Waals surface area contributed by atoms with Crippen molar-refractivity contribution in [1.29, 1.82) is 5.26 Å². The Kier molecular flexibility index (Phi) is 5.47. The largest absolute Gasteiger partial charge is 0.398 e. The van der Waals surface area contributed by atoms with Gasteiger partial charge in [-0.25, -0.2) is 0 Å². The van der Waals surface area contributed by atoms with Gasteiger partial charge in [0, 0.05) is 24.8 Å². The number of hydrogen-bond donors (Lipinski definition) is 2. The average molecular weight is 246 g/mol. The lowest BCUT2D eigenvalue weighted by atomic mass is 10.2. The van der Waals surface area contributed by atoms with E-state index in [9.17, 15) is 0 Å². The van der Waals surface area contributed by atoms with Gasteiger partial charge in [-0.2, -0.15) is 5.26 Å². The number of hydrogen-bond acceptors (Lipinski definition) is 4. The monoisotopic (exact) mass is 246 g/mol. The lowest BCUT2D eigenvalue weighted by Gasteiger charge is -2.23. The number of nitrogen functional groups attached to an aromatic ring is 1. The summed E-state index contributed by atoms with van der Waals surface area (Å²) in [4.78, 5) is 2.32. The van der Waals surface area contributed by atoms with Crippen LogP contribution in [-0.4, -0.2) is 31.1 Å². The molecule has 1 aromatic carbocycles. The summed E-state index contributed by atoms with van der Waals surface area (Å²) in [5, 5.41) is 12.1. The van der Waals surface area contributed by atoms with E-state index in [-0.39, 0.29) is 0 Å². The number of rotatable bonds is 6. The van der Waals surface area contributed by atoms with Crippen molar-refractivity contribution in [2.45, 2.75) is 26.3 Å². The third kappa shape index (κ3) is 3.94. The standard InChI is InChI=1S/C14H22N4/c1-4-11(2)18(3)8-7-17-13-6-5-12(10-15)14(16)9-13/h5-6,9,11,17H,4,7-8,16H2,1-3H3. The molecule has 4 heteroatoms. The van der Waals surface area contributed by atoms with E-state index in [4.69, 9.17) is 11.0 Å². The van der Waals surface area contributed by atoms with E-state index in [2.05, 4.69) is 37.2 Å². The molecule has 98 valence electrons. The lowest BCUT2D eigenvalue weighted by Crippen LogP contribution is -2.32. The van der Waals surface area contributed by atoms with Gasteiger partial charge in [-0.05, 0) is 38.6 Å². The Morgan fingerprint density at radius 2 is 2.22 bits per heavy atom. The van der Waals surface area contributed by atoms with Crippen LogP contribution in [0, 0.1) is 11.3 Å².